The molecule has 21 heavy (non-hydrogen) atoms. The van der Waals surface area contributed by atoms with Gasteiger partial charge in [-0.15, -0.1) is 0 Å². The zero-order valence-electron chi connectivity index (χ0n) is 13.5. The standard InChI is InChI=1S/C17H27N3O/c1-12-10-19-15(13(2)17(12)21-3)11-20-9-5-7-16(20)14-6-4-8-18-14/h10,14,16,18H,4-9,11H2,1-3H3. The first-order chi connectivity index (χ1) is 10.2. The lowest BCUT2D eigenvalue weighted by Gasteiger charge is -2.29. The maximum Gasteiger partial charge on any atom is 0.128 e. The number of aryl methyl sites for hydroxylation is 1. The molecule has 3 rings (SSSR count). The number of ether oxygens (including phenoxy) is 1. The molecular weight excluding hydrogens is 262 g/mol. The van der Waals surface area contributed by atoms with E-state index < -0.39 is 0 Å². The normalized spacial score (nSPS) is 26.4. The number of nitrogens with one attached hydrogen (secondary N) is 1. The van der Waals surface area contributed by atoms with Crippen LogP contribution < -0.4 is 10.1 Å². The Bertz CT molecular complexity index is 497. The van der Waals surface area contributed by atoms with Crippen molar-refractivity contribution >= 4 is 0 Å². The summed E-state index contributed by atoms with van der Waals surface area (Å²) in [6.45, 7) is 7.52. The van der Waals surface area contributed by atoms with Gasteiger partial charge < -0.3 is 10.1 Å². The van der Waals surface area contributed by atoms with Crippen LogP contribution in [0.15, 0.2) is 6.20 Å². The molecule has 0 saturated carbocycles. The Kier molecular flexibility index (Phi) is 4.45. The van der Waals surface area contributed by atoms with Gasteiger partial charge >= 0.3 is 0 Å². The number of aromatic nitrogens is 1. The fraction of sp³-hybridized carbons (Fsp3) is 0.706. The van der Waals surface area contributed by atoms with Crippen LogP contribution in [-0.2, 0) is 6.54 Å². The Labute approximate surface area is 127 Å². The van der Waals surface area contributed by atoms with Gasteiger partial charge in [-0.25, -0.2) is 0 Å². The van der Waals surface area contributed by atoms with Crippen molar-refractivity contribution in [3.63, 3.8) is 0 Å². The summed E-state index contributed by atoms with van der Waals surface area (Å²) in [5.74, 6) is 0.995. The second kappa shape index (κ2) is 6.32. The third-order valence-corrected chi connectivity index (χ3v) is 5.08. The first kappa shape index (κ1) is 14.8. The lowest BCUT2D eigenvalue weighted by Crippen LogP contribution is -2.43. The van der Waals surface area contributed by atoms with E-state index in [1.165, 1.54) is 50.0 Å². The number of methoxy groups -OCH3 is 1. The van der Waals surface area contributed by atoms with Crippen LogP contribution in [0.1, 0.15) is 42.5 Å². The van der Waals surface area contributed by atoms with E-state index in [0.717, 1.165) is 17.9 Å². The minimum atomic E-state index is 0.681. The average Bonchev–Trinajstić information content (AvgIpc) is 3.13. The summed E-state index contributed by atoms with van der Waals surface area (Å²) in [6, 6.07) is 1.36. The average molecular weight is 289 g/mol. The Morgan fingerprint density at radius 1 is 1.33 bits per heavy atom. The molecule has 0 spiro atoms. The summed E-state index contributed by atoms with van der Waals surface area (Å²) in [5.41, 5.74) is 3.49. The van der Waals surface area contributed by atoms with Gasteiger partial charge in [-0.05, 0) is 52.6 Å². The van der Waals surface area contributed by atoms with Crippen molar-refractivity contribution in [2.24, 2.45) is 0 Å². The molecule has 4 nitrogen and oxygen atoms in total. The van der Waals surface area contributed by atoms with Crippen LogP contribution in [0.25, 0.3) is 0 Å². The van der Waals surface area contributed by atoms with Crippen LogP contribution in [0.4, 0.5) is 0 Å². The van der Waals surface area contributed by atoms with Gasteiger partial charge in [0.25, 0.3) is 0 Å². The number of likely N-dealkylation sites (tertiary alicyclic amines) is 1. The van der Waals surface area contributed by atoms with Crippen LogP contribution >= 0.6 is 0 Å². The Morgan fingerprint density at radius 3 is 2.90 bits per heavy atom. The number of nitrogens with zero attached hydrogens (tertiary/aromatic N) is 2. The molecule has 2 fully saturated rings. The summed E-state index contributed by atoms with van der Waals surface area (Å²) in [6.07, 6.45) is 7.22. The minimum absolute atomic E-state index is 0.681. The van der Waals surface area contributed by atoms with Gasteiger partial charge in [-0.2, -0.15) is 0 Å². The van der Waals surface area contributed by atoms with E-state index in [-0.39, 0.29) is 0 Å². The largest absolute Gasteiger partial charge is 0.496 e. The Hall–Kier alpha value is -1.13. The summed E-state index contributed by atoms with van der Waals surface area (Å²) in [4.78, 5) is 7.29. The highest BCUT2D eigenvalue weighted by Gasteiger charge is 2.33. The smallest absolute Gasteiger partial charge is 0.128 e. The van der Waals surface area contributed by atoms with E-state index >= 15 is 0 Å². The molecule has 2 unspecified atom stereocenters. The molecular formula is C17H27N3O. The van der Waals surface area contributed by atoms with Gasteiger partial charge in [0.1, 0.15) is 5.75 Å². The van der Waals surface area contributed by atoms with E-state index in [4.69, 9.17) is 4.74 Å². The van der Waals surface area contributed by atoms with Crippen LogP contribution in [0.3, 0.4) is 0 Å². The molecule has 0 bridgehead atoms. The molecule has 2 aliphatic rings. The van der Waals surface area contributed by atoms with Gasteiger partial charge in [-0.3, -0.25) is 9.88 Å². The number of hydrogen-bond donors (Lipinski definition) is 1. The van der Waals surface area contributed by atoms with Gasteiger partial charge in [0.2, 0.25) is 0 Å². The highest BCUT2D eigenvalue weighted by Crippen LogP contribution is 2.29. The SMILES string of the molecule is COc1c(C)cnc(CN2CCCC2C2CCCN2)c1C. The van der Waals surface area contributed by atoms with E-state index in [9.17, 15) is 0 Å². The molecule has 0 amide bonds. The second-order valence-corrected chi connectivity index (χ2v) is 6.43. The zero-order chi connectivity index (χ0) is 14.8. The van der Waals surface area contributed by atoms with Crippen LogP contribution in [0, 0.1) is 13.8 Å². The molecule has 1 aromatic rings. The zero-order valence-corrected chi connectivity index (χ0v) is 13.5. The van der Waals surface area contributed by atoms with E-state index in [1.54, 1.807) is 7.11 Å². The lowest BCUT2D eigenvalue weighted by atomic mass is 10.0. The van der Waals surface area contributed by atoms with Crippen molar-refractivity contribution in [2.45, 2.75) is 58.2 Å². The third-order valence-electron chi connectivity index (χ3n) is 5.08. The van der Waals surface area contributed by atoms with Gasteiger partial charge in [0, 0.05) is 36.0 Å². The molecule has 0 aliphatic carbocycles. The van der Waals surface area contributed by atoms with Gasteiger partial charge in [0.15, 0.2) is 0 Å². The Balaban J connectivity index is 1.76. The molecule has 0 aromatic carbocycles. The maximum atomic E-state index is 5.54. The van der Waals surface area contributed by atoms with Crippen molar-refractivity contribution in [3.05, 3.63) is 23.0 Å². The van der Waals surface area contributed by atoms with E-state index in [2.05, 4.69) is 29.0 Å². The van der Waals surface area contributed by atoms with Crippen LogP contribution in [0.5, 0.6) is 5.75 Å². The summed E-state index contributed by atoms with van der Waals surface area (Å²) in [7, 11) is 1.75. The highest BCUT2D eigenvalue weighted by molar-refractivity contribution is 5.41. The van der Waals surface area contributed by atoms with Gasteiger partial charge in [-0.1, -0.05) is 0 Å². The summed E-state index contributed by atoms with van der Waals surface area (Å²) >= 11 is 0. The maximum absolute atomic E-state index is 5.54. The molecule has 4 heteroatoms. The Morgan fingerprint density at radius 2 is 2.19 bits per heavy atom. The topological polar surface area (TPSA) is 37.4 Å². The third kappa shape index (κ3) is 2.92. The van der Waals surface area contributed by atoms with Crippen molar-refractivity contribution in [1.29, 1.82) is 0 Å². The van der Waals surface area contributed by atoms with Crippen molar-refractivity contribution in [3.8, 4) is 5.75 Å². The fourth-order valence-electron chi connectivity index (χ4n) is 3.97. The van der Waals surface area contributed by atoms with E-state index in [0.29, 0.717) is 12.1 Å². The number of rotatable bonds is 4. The van der Waals surface area contributed by atoms with E-state index in [1.807, 2.05) is 6.20 Å². The fourth-order valence-corrected chi connectivity index (χ4v) is 3.97. The van der Waals surface area contributed by atoms with Crippen LogP contribution in [0.2, 0.25) is 0 Å². The molecule has 2 saturated heterocycles. The first-order valence-electron chi connectivity index (χ1n) is 8.17. The predicted molar refractivity (Wildman–Crippen MR) is 84.7 cm³/mol. The van der Waals surface area contributed by atoms with Crippen molar-refractivity contribution < 1.29 is 4.74 Å². The second-order valence-electron chi connectivity index (χ2n) is 6.43. The molecule has 2 aliphatic heterocycles. The predicted octanol–water partition coefficient (Wildman–Crippen LogP) is 2.42. The quantitative estimate of drug-likeness (QED) is 0.924. The molecule has 0 radical (unpaired) electrons. The molecule has 1 aromatic heterocycles. The minimum Gasteiger partial charge on any atom is -0.496 e. The number of hydrogen-bond acceptors (Lipinski definition) is 4. The van der Waals surface area contributed by atoms with Crippen LogP contribution in [-0.4, -0.2) is 42.2 Å². The molecule has 3 heterocycles. The highest BCUT2D eigenvalue weighted by atomic mass is 16.5. The molecule has 2 atom stereocenters. The van der Waals surface area contributed by atoms with Crippen molar-refractivity contribution in [2.75, 3.05) is 20.2 Å². The van der Waals surface area contributed by atoms with Crippen molar-refractivity contribution in [1.82, 2.24) is 15.2 Å². The first-order valence-corrected chi connectivity index (χ1v) is 8.17. The molecule has 116 valence electrons. The molecule has 1 N–H and O–H groups in total. The van der Waals surface area contributed by atoms with Gasteiger partial charge in [0.05, 0.1) is 12.8 Å². The summed E-state index contributed by atoms with van der Waals surface area (Å²) in [5, 5.41) is 3.67. The monoisotopic (exact) mass is 289 g/mol. The number of pyridine rings is 1. The summed E-state index contributed by atoms with van der Waals surface area (Å²) < 4.78 is 5.54. The lowest BCUT2D eigenvalue weighted by molar-refractivity contribution is 0.203.